The molecule has 0 aromatic heterocycles. The Bertz CT molecular complexity index is 700. The summed E-state index contributed by atoms with van der Waals surface area (Å²) in [5.74, 6) is -1.72. The molecule has 1 saturated heterocycles. The minimum absolute atomic E-state index is 0.0380. The number of aldehydes is 1. The molecule has 0 bridgehead atoms. The van der Waals surface area contributed by atoms with Gasteiger partial charge >= 0.3 is 0 Å². The van der Waals surface area contributed by atoms with E-state index in [0.717, 1.165) is 4.90 Å². The van der Waals surface area contributed by atoms with Crippen LogP contribution in [0.15, 0.2) is 18.2 Å². The fourth-order valence-electron chi connectivity index (χ4n) is 2.50. The molecule has 2 rings (SSSR count). The SMILES string of the molecule is Cc1cccc(OCC=O)c1C(=O)N(C=O)C1CCC(=O)NC1=O. The van der Waals surface area contributed by atoms with Gasteiger partial charge in [-0.2, -0.15) is 0 Å². The molecule has 1 heterocycles. The lowest BCUT2D eigenvalue weighted by Gasteiger charge is -2.29. The summed E-state index contributed by atoms with van der Waals surface area (Å²) in [6.07, 6.45) is 0.897. The molecule has 0 radical (unpaired) electrons. The van der Waals surface area contributed by atoms with Gasteiger partial charge in [0.25, 0.3) is 5.91 Å². The van der Waals surface area contributed by atoms with Crippen LogP contribution in [-0.2, 0) is 19.2 Å². The van der Waals surface area contributed by atoms with Crippen molar-refractivity contribution in [3.05, 3.63) is 29.3 Å². The highest BCUT2D eigenvalue weighted by Crippen LogP contribution is 2.25. The fourth-order valence-corrected chi connectivity index (χ4v) is 2.50. The van der Waals surface area contributed by atoms with Crippen molar-refractivity contribution < 1.29 is 28.7 Å². The van der Waals surface area contributed by atoms with Gasteiger partial charge in [0, 0.05) is 6.42 Å². The van der Waals surface area contributed by atoms with Crippen molar-refractivity contribution in [2.45, 2.75) is 25.8 Å². The molecule has 0 spiro atoms. The number of aryl methyl sites for hydroxylation is 1. The van der Waals surface area contributed by atoms with Gasteiger partial charge in [-0.05, 0) is 25.0 Å². The minimum Gasteiger partial charge on any atom is -0.485 e. The van der Waals surface area contributed by atoms with E-state index in [0.29, 0.717) is 11.8 Å². The van der Waals surface area contributed by atoms with Gasteiger partial charge in [-0.3, -0.25) is 34.2 Å². The van der Waals surface area contributed by atoms with E-state index in [1.165, 1.54) is 6.07 Å². The second-order valence-electron chi connectivity index (χ2n) is 5.21. The number of rotatable bonds is 6. The van der Waals surface area contributed by atoms with Crippen molar-refractivity contribution in [3.63, 3.8) is 0 Å². The molecule has 8 heteroatoms. The molecule has 1 atom stereocenters. The lowest BCUT2D eigenvalue weighted by atomic mass is 10.0. The summed E-state index contributed by atoms with van der Waals surface area (Å²) >= 11 is 0. The lowest BCUT2D eigenvalue weighted by molar-refractivity contribution is -0.139. The van der Waals surface area contributed by atoms with Gasteiger partial charge < -0.3 is 4.74 Å². The molecular weight excluding hydrogens is 316 g/mol. The van der Waals surface area contributed by atoms with Gasteiger partial charge in [-0.15, -0.1) is 0 Å². The number of piperidine rings is 1. The first-order valence-corrected chi connectivity index (χ1v) is 7.27. The number of benzene rings is 1. The number of hydrogen-bond donors (Lipinski definition) is 1. The van der Waals surface area contributed by atoms with E-state index in [4.69, 9.17) is 4.74 Å². The first kappa shape index (κ1) is 17.3. The van der Waals surface area contributed by atoms with Crippen molar-refractivity contribution in [1.29, 1.82) is 0 Å². The molecule has 1 aliphatic rings. The highest BCUT2D eigenvalue weighted by atomic mass is 16.5. The number of ether oxygens (including phenoxy) is 1. The third-order valence-corrected chi connectivity index (χ3v) is 3.65. The first-order chi connectivity index (χ1) is 11.5. The highest BCUT2D eigenvalue weighted by molar-refractivity contribution is 6.08. The summed E-state index contributed by atoms with van der Waals surface area (Å²) in [6, 6.07) is 3.72. The Morgan fingerprint density at radius 1 is 1.38 bits per heavy atom. The Balaban J connectivity index is 2.35. The van der Waals surface area contributed by atoms with Crippen LogP contribution in [0.1, 0.15) is 28.8 Å². The van der Waals surface area contributed by atoms with Crippen LogP contribution in [-0.4, -0.2) is 48.0 Å². The van der Waals surface area contributed by atoms with Gasteiger partial charge in [0.05, 0.1) is 5.56 Å². The van der Waals surface area contributed by atoms with Crippen LogP contribution >= 0.6 is 0 Å². The van der Waals surface area contributed by atoms with Crippen LogP contribution in [0.2, 0.25) is 0 Å². The number of hydrogen-bond acceptors (Lipinski definition) is 6. The Morgan fingerprint density at radius 2 is 2.12 bits per heavy atom. The van der Waals surface area contributed by atoms with Crippen LogP contribution in [0.5, 0.6) is 5.75 Å². The van der Waals surface area contributed by atoms with Gasteiger partial charge in [-0.25, -0.2) is 0 Å². The highest BCUT2D eigenvalue weighted by Gasteiger charge is 2.36. The van der Waals surface area contributed by atoms with Crippen molar-refractivity contribution in [2.24, 2.45) is 0 Å². The van der Waals surface area contributed by atoms with Crippen molar-refractivity contribution >= 4 is 30.4 Å². The van der Waals surface area contributed by atoms with E-state index >= 15 is 0 Å². The second kappa shape index (κ2) is 7.49. The molecule has 126 valence electrons. The first-order valence-electron chi connectivity index (χ1n) is 7.27. The molecule has 1 aromatic rings. The topological polar surface area (TPSA) is 110 Å². The number of imide groups is 2. The number of amides is 4. The average molecular weight is 332 g/mol. The zero-order chi connectivity index (χ0) is 17.7. The smallest absolute Gasteiger partial charge is 0.265 e. The number of carbonyl (C=O) groups is 5. The number of carbonyl (C=O) groups excluding carboxylic acids is 5. The van der Waals surface area contributed by atoms with Crippen molar-refractivity contribution in [2.75, 3.05) is 6.61 Å². The average Bonchev–Trinajstić information content (AvgIpc) is 2.55. The number of nitrogens with zero attached hydrogens (tertiary/aromatic N) is 1. The summed E-state index contributed by atoms with van der Waals surface area (Å²) < 4.78 is 5.23. The number of nitrogens with one attached hydrogen (secondary N) is 1. The molecule has 1 N–H and O–H groups in total. The Hall–Kier alpha value is -3.03. The monoisotopic (exact) mass is 332 g/mol. The summed E-state index contributed by atoms with van der Waals surface area (Å²) in [5, 5.41) is 2.11. The normalized spacial score (nSPS) is 17.0. The largest absolute Gasteiger partial charge is 0.485 e. The second-order valence-corrected chi connectivity index (χ2v) is 5.21. The Morgan fingerprint density at radius 3 is 2.75 bits per heavy atom. The van der Waals surface area contributed by atoms with E-state index in [2.05, 4.69) is 5.32 Å². The van der Waals surface area contributed by atoms with Crippen molar-refractivity contribution in [1.82, 2.24) is 10.2 Å². The summed E-state index contributed by atoms with van der Waals surface area (Å²) in [4.78, 5) is 58.6. The maximum absolute atomic E-state index is 12.8. The van der Waals surface area contributed by atoms with E-state index in [1.54, 1.807) is 19.1 Å². The van der Waals surface area contributed by atoms with Crippen LogP contribution < -0.4 is 10.1 Å². The van der Waals surface area contributed by atoms with Gasteiger partial charge in [-0.1, -0.05) is 12.1 Å². The molecule has 8 nitrogen and oxygen atoms in total. The van der Waals surface area contributed by atoms with E-state index in [-0.39, 0.29) is 37.2 Å². The maximum atomic E-state index is 12.8. The van der Waals surface area contributed by atoms with Crippen LogP contribution in [0.4, 0.5) is 0 Å². The van der Waals surface area contributed by atoms with E-state index < -0.39 is 23.8 Å². The Labute approximate surface area is 137 Å². The standard InChI is InChI=1S/C16H16N2O6/c1-10-3-2-4-12(24-8-7-19)14(10)16(23)18(9-20)11-5-6-13(21)17-15(11)22/h2-4,7,9,11H,5-6,8H2,1H3,(H,17,21,22). The van der Waals surface area contributed by atoms with E-state index in [1.807, 2.05) is 0 Å². The molecule has 4 amide bonds. The van der Waals surface area contributed by atoms with E-state index in [9.17, 15) is 24.0 Å². The van der Waals surface area contributed by atoms with Crippen molar-refractivity contribution in [3.8, 4) is 5.75 Å². The van der Waals surface area contributed by atoms with Gasteiger partial charge in [0.15, 0.2) is 6.29 Å². The summed E-state index contributed by atoms with van der Waals surface area (Å²) in [6.45, 7) is 1.40. The van der Waals surface area contributed by atoms with Gasteiger partial charge in [0.2, 0.25) is 18.2 Å². The Kier molecular flexibility index (Phi) is 5.41. The predicted octanol–water partition coefficient (Wildman–Crippen LogP) is -0.0235. The molecule has 1 aliphatic heterocycles. The zero-order valence-electron chi connectivity index (χ0n) is 13.0. The van der Waals surface area contributed by atoms with Crippen LogP contribution in [0.3, 0.4) is 0 Å². The third-order valence-electron chi connectivity index (χ3n) is 3.65. The van der Waals surface area contributed by atoms with Crippen LogP contribution in [0.25, 0.3) is 0 Å². The fraction of sp³-hybridized carbons (Fsp3) is 0.312. The molecule has 1 unspecified atom stereocenters. The molecule has 0 saturated carbocycles. The predicted molar refractivity (Wildman–Crippen MR) is 81.1 cm³/mol. The third kappa shape index (κ3) is 3.48. The molecule has 1 fully saturated rings. The molecule has 0 aliphatic carbocycles. The zero-order valence-corrected chi connectivity index (χ0v) is 13.0. The van der Waals surface area contributed by atoms with Crippen LogP contribution in [0, 0.1) is 6.92 Å². The molecule has 24 heavy (non-hydrogen) atoms. The minimum atomic E-state index is -1.06. The molecular formula is C16H16N2O6. The summed E-state index contributed by atoms with van der Waals surface area (Å²) in [7, 11) is 0. The van der Waals surface area contributed by atoms with Gasteiger partial charge in [0.1, 0.15) is 18.4 Å². The quantitative estimate of drug-likeness (QED) is 0.579. The summed E-state index contributed by atoms with van der Waals surface area (Å²) in [5.41, 5.74) is 0.624. The molecule has 1 aromatic carbocycles. The maximum Gasteiger partial charge on any atom is 0.265 e. The lowest BCUT2D eigenvalue weighted by Crippen LogP contribution is -2.54.